The highest BCUT2D eigenvalue weighted by Gasteiger charge is 1.96. The molecular weight excluding hydrogens is 216 g/mol. The van der Waals surface area contributed by atoms with Gasteiger partial charge in [-0.15, -0.1) is 0 Å². The van der Waals surface area contributed by atoms with E-state index in [0.717, 1.165) is 13.0 Å². The molecule has 1 aromatic carbocycles. The van der Waals surface area contributed by atoms with Crippen molar-refractivity contribution >= 4 is 17.9 Å². The predicted molar refractivity (Wildman–Crippen MR) is 45.8 cm³/mol. The van der Waals surface area contributed by atoms with Gasteiger partial charge in [-0.2, -0.15) is 0 Å². The molecule has 0 aliphatic rings. The van der Waals surface area contributed by atoms with Gasteiger partial charge in [-0.3, -0.25) is 0 Å². The van der Waals surface area contributed by atoms with Crippen LogP contribution in [-0.2, 0) is 4.79 Å². The molecule has 0 N–H and O–H groups in total. The van der Waals surface area contributed by atoms with Crippen molar-refractivity contribution in [2.75, 3.05) is 0 Å². The molecule has 1 aromatic rings. The molecular formula is C10H7O6-3. The Labute approximate surface area is 90.8 Å². The number of rotatable bonds is 2. The van der Waals surface area contributed by atoms with Crippen LogP contribution in [0.3, 0.4) is 0 Å². The lowest BCUT2D eigenvalue weighted by Crippen LogP contribution is -2.25. The summed E-state index contributed by atoms with van der Waals surface area (Å²) in [5.41, 5.74) is -0.339. The van der Waals surface area contributed by atoms with Crippen LogP contribution in [0.5, 0.6) is 0 Å². The van der Waals surface area contributed by atoms with Gasteiger partial charge in [0.1, 0.15) is 0 Å². The van der Waals surface area contributed by atoms with Gasteiger partial charge in [-0.05, 0) is 24.1 Å². The molecule has 0 saturated carbocycles. The number of hydrogen-bond donors (Lipinski definition) is 0. The van der Waals surface area contributed by atoms with E-state index >= 15 is 0 Å². The number of carbonyl (C=O) groups is 3. The molecule has 0 aliphatic carbocycles. The molecule has 0 spiro atoms. The molecule has 86 valence electrons. The normalized spacial score (nSPS) is 8.56. The van der Waals surface area contributed by atoms with E-state index in [4.69, 9.17) is 9.90 Å². The highest BCUT2D eigenvalue weighted by atomic mass is 16.4. The third-order valence-electron chi connectivity index (χ3n) is 1.33. The summed E-state index contributed by atoms with van der Waals surface area (Å²) in [6.07, 6.45) is 0. The first-order valence-corrected chi connectivity index (χ1v) is 4.05. The summed E-state index contributed by atoms with van der Waals surface area (Å²) >= 11 is 0. The molecule has 0 fully saturated rings. The number of carboxylic acid groups (broad SMARTS) is 3. The van der Waals surface area contributed by atoms with Gasteiger partial charge in [-0.25, -0.2) is 0 Å². The zero-order chi connectivity index (χ0) is 12.7. The van der Waals surface area contributed by atoms with Crippen molar-refractivity contribution in [3.8, 4) is 0 Å². The second-order valence-electron chi connectivity index (χ2n) is 2.65. The van der Waals surface area contributed by atoms with Crippen molar-refractivity contribution in [1.29, 1.82) is 0 Å². The molecule has 1 rings (SSSR count). The predicted octanol–water partition coefficient (Wildman–Crippen LogP) is -2.83. The van der Waals surface area contributed by atoms with Gasteiger partial charge in [-0.1, -0.05) is 18.2 Å². The number of aromatic carboxylic acids is 2. The van der Waals surface area contributed by atoms with Gasteiger partial charge in [0.15, 0.2) is 0 Å². The Kier molecular flexibility index (Phi) is 5.26. The Bertz CT molecular complexity index is 376. The monoisotopic (exact) mass is 223 g/mol. The zero-order valence-electron chi connectivity index (χ0n) is 8.26. The van der Waals surface area contributed by atoms with Crippen LogP contribution in [0.4, 0.5) is 0 Å². The SMILES string of the molecule is CC(=O)[O-].O=C([O-])c1cccc(C(=O)[O-])c1. The number of aliphatic carboxylic acids is 1. The van der Waals surface area contributed by atoms with Crippen LogP contribution in [0, 0.1) is 0 Å². The highest BCUT2D eigenvalue weighted by Crippen LogP contribution is 2.02. The van der Waals surface area contributed by atoms with Crippen LogP contribution in [0.15, 0.2) is 24.3 Å². The largest absolute Gasteiger partial charge is 0.550 e. The van der Waals surface area contributed by atoms with Crippen LogP contribution in [0.2, 0.25) is 0 Å². The molecule has 0 atom stereocenters. The lowest BCUT2D eigenvalue weighted by molar-refractivity contribution is -0.302. The topological polar surface area (TPSA) is 120 Å². The molecule has 6 nitrogen and oxygen atoms in total. The Hall–Kier alpha value is -2.37. The zero-order valence-corrected chi connectivity index (χ0v) is 8.26. The summed E-state index contributed by atoms with van der Waals surface area (Å²) in [7, 11) is 0. The standard InChI is InChI=1S/C8H6O4.C2H4O2/c9-7(10)5-2-1-3-6(4-5)8(11)12;1-2(3)4/h1-4H,(H,9,10)(H,11,12);1H3,(H,3,4)/p-3. The smallest absolute Gasteiger partial charge is 0.0715 e. The fraction of sp³-hybridized carbons (Fsp3) is 0.100. The molecule has 16 heavy (non-hydrogen) atoms. The summed E-state index contributed by atoms with van der Waals surface area (Å²) < 4.78 is 0. The summed E-state index contributed by atoms with van der Waals surface area (Å²) in [4.78, 5) is 29.4. The summed E-state index contributed by atoms with van der Waals surface area (Å²) in [5, 5.41) is 29.4. The van der Waals surface area contributed by atoms with Crippen molar-refractivity contribution in [3.05, 3.63) is 35.4 Å². The minimum absolute atomic E-state index is 0.170. The van der Waals surface area contributed by atoms with E-state index in [-0.39, 0.29) is 11.1 Å². The van der Waals surface area contributed by atoms with Crippen molar-refractivity contribution in [2.24, 2.45) is 0 Å². The maximum Gasteiger partial charge on any atom is 0.0715 e. The Morgan fingerprint density at radius 3 is 1.50 bits per heavy atom. The Morgan fingerprint density at radius 1 is 0.938 bits per heavy atom. The Morgan fingerprint density at radius 2 is 1.25 bits per heavy atom. The number of carbonyl (C=O) groups excluding carboxylic acids is 3. The van der Waals surface area contributed by atoms with Gasteiger partial charge in [0.2, 0.25) is 0 Å². The summed E-state index contributed by atoms with van der Waals surface area (Å²) in [5.74, 6) is -3.89. The highest BCUT2D eigenvalue weighted by molar-refractivity contribution is 5.91. The molecule has 6 heteroatoms. The average Bonchev–Trinajstić information content (AvgIpc) is 2.17. The maximum absolute atomic E-state index is 10.3. The lowest BCUT2D eigenvalue weighted by Gasteiger charge is -2.05. The van der Waals surface area contributed by atoms with Crippen molar-refractivity contribution in [2.45, 2.75) is 6.92 Å². The van der Waals surface area contributed by atoms with Crippen LogP contribution in [0.1, 0.15) is 27.6 Å². The van der Waals surface area contributed by atoms with Crippen molar-refractivity contribution in [1.82, 2.24) is 0 Å². The quantitative estimate of drug-likeness (QED) is 0.532. The molecule has 0 unspecified atom stereocenters. The summed E-state index contributed by atoms with van der Waals surface area (Å²) in [6.45, 7) is 0.972. The minimum Gasteiger partial charge on any atom is -0.550 e. The van der Waals surface area contributed by atoms with Crippen LogP contribution >= 0.6 is 0 Å². The van der Waals surface area contributed by atoms with Crippen LogP contribution in [0.25, 0.3) is 0 Å². The average molecular weight is 223 g/mol. The van der Waals surface area contributed by atoms with E-state index in [1.807, 2.05) is 0 Å². The molecule has 0 aliphatic heterocycles. The van der Waals surface area contributed by atoms with Crippen molar-refractivity contribution < 1.29 is 29.7 Å². The van der Waals surface area contributed by atoms with Crippen LogP contribution in [-0.4, -0.2) is 17.9 Å². The second-order valence-corrected chi connectivity index (χ2v) is 2.65. The second kappa shape index (κ2) is 6.18. The number of carboxylic acids is 3. The molecule has 0 saturated heterocycles. The maximum atomic E-state index is 10.3. The minimum atomic E-state index is -1.40. The van der Waals surface area contributed by atoms with Crippen molar-refractivity contribution in [3.63, 3.8) is 0 Å². The van der Waals surface area contributed by atoms with E-state index in [2.05, 4.69) is 0 Å². The summed E-state index contributed by atoms with van der Waals surface area (Å²) in [6, 6.07) is 4.81. The van der Waals surface area contributed by atoms with E-state index in [9.17, 15) is 19.8 Å². The van der Waals surface area contributed by atoms with Gasteiger partial charge >= 0.3 is 0 Å². The first-order chi connectivity index (χ1) is 7.34. The Balaban J connectivity index is 0.000000487. The van der Waals surface area contributed by atoms with E-state index in [1.165, 1.54) is 18.2 Å². The van der Waals surface area contributed by atoms with Gasteiger partial charge in [0, 0.05) is 5.97 Å². The fourth-order valence-electron chi connectivity index (χ4n) is 0.773. The first kappa shape index (κ1) is 13.6. The van der Waals surface area contributed by atoms with Crippen LogP contribution < -0.4 is 15.3 Å². The van der Waals surface area contributed by atoms with Gasteiger partial charge in [0.25, 0.3) is 0 Å². The molecule has 0 amide bonds. The molecule has 0 heterocycles. The van der Waals surface area contributed by atoms with Gasteiger partial charge in [0.05, 0.1) is 11.9 Å². The molecule has 0 radical (unpaired) electrons. The third kappa shape index (κ3) is 5.38. The number of hydrogen-bond acceptors (Lipinski definition) is 6. The van der Waals surface area contributed by atoms with Gasteiger partial charge < -0.3 is 29.7 Å². The lowest BCUT2D eigenvalue weighted by atomic mass is 10.1. The van der Waals surface area contributed by atoms with E-state index in [1.54, 1.807) is 0 Å². The van der Waals surface area contributed by atoms with E-state index in [0.29, 0.717) is 0 Å². The number of benzene rings is 1. The fourth-order valence-corrected chi connectivity index (χ4v) is 0.773. The molecule has 0 bridgehead atoms. The molecule has 0 aromatic heterocycles. The first-order valence-electron chi connectivity index (χ1n) is 4.05. The third-order valence-corrected chi connectivity index (χ3v) is 1.33. The van der Waals surface area contributed by atoms with E-state index < -0.39 is 17.9 Å².